The van der Waals surface area contributed by atoms with Crippen molar-refractivity contribution >= 4 is 29.0 Å². The number of carbonyl (C=O) groups is 2. The van der Waals surface area contributed by atoms with Gasteiger partial charge in [0, 0.05) is 41.3 Å². The van der Waals surface area contributed by atoms with Crippen molar-refractivity contribution in [3.8, 4) is 10.6 Å². The molecule has 0 saturated carbocycles. The third kappa shape index (κ3) is 5.66. The molecule has 0 bridgehead atoms. The number of nitrogens with zero attached hydrogens (tertiary/aromatic N) is 1. The molecule has 3 N–H and O–H groups in total. The maximum Gasteiger partial charge on any atom is 0.319 e. The van der Waals surface area contributed by atoms with Gasteiger partial charge in [-0.25, -0.2) is 9.78 Å². The quantitative estimate of drug-likeness (QED) is 0.751. The third-order valence-corrected chi connectivity index (χ3v) is 4.11. The highest BCUT2D eigenvalue weighted by atomic mass is 32.1. The summed E-state index contributed by atoms with van der Waals surface area (Å²) in [7, 11) is 0. The van der Waals surface area contributed by atoms with Crippen molar-refractivity contribution in [1.29, 1.82) is 0 Å². The van der Waals surface area contributed by atoms with Gasteiger partial charge in [-0.15, -0.1) is 11.3 Å². The highest BCUT2D eigenvalue weighted by Gasteiger charge is 2.06. The number of hydrogen-bond donors (Lipinski definition) is 3. The Hall–Kier alpha value is -2.41. The van der Waals surface area contributed by atoms with E-state index < -0.39 is 0 Å². The standard InChI is InChI=1S/C17H22N4O2S/c1-11(2)19-15(22)8-9-18-17(23)21-14-6-4-13(5-7-14)16-20-12(3)10-24-16/h4-7,10-11H,8-9H2,1-3H3,(H,19,22)(H2,18,21,23). The minimum Gasteiger partial charge on any atom is -0.354 e. The summed E-state index contributed by atoms with van der Waals surface area (Å²) in [4.78, 5) is 27.7. The Morgan fingerprint density at radius 2 is 1.92 bits per heavy atom. The number of amides is 3. The number of urea groups is 1. The molecule has 0 saturated heterocycles. The zero-order chi connectivity index (χ0) is 17.5. The van der Waals surface area contributed by atoms with Crippen LogP contribution in [0.5, 0.6) is 0 Å². The molecule has 7 heteroatoms. The van der Waals surface area contributed by atoms with Gasteiger partial charge in [-0.3, -0.25) is 4.79 Å². The number of aryl methyl sites for hydroxylation is 1. The first-order valence-electron chi connectivity index (χ1n) is 7.81. The predicted octanol–water partition coefficient (Wildman–Crippen LogP) is 3.15. The van der Waals surface area contributed by atoms with Crippen LogP contribution in [0.1, 0.15) is 26.0 Å². The molecule has 0 unspecified atom stereocenters. The van der Waals surface area contributed by atoms with Crippen LogP contribution < -0.4 is 16.0 Å². The summed E-state index contributed by atoms with van der Waals surface area (Å²) >= 11 is 1.59. The Labute approximate surface area is 145 Å². The molecule has 1 heterocycles. The van der Waals surface area contributed by atoms with Gasteiger partial charge in [-0.2, -0.15) is 0 Å². The van der Waals surface area contributed by atoms with Crippen LogP contribution in [0.2, 0.25) is 0 Å². The lowest BCUT2D eigenvalue weighted by molar-refractivity contribution is -0.121. The van der Waals surface area contributed by atoms with E-state index in [1.165, 1.54) is 0 Å². The van der Waals surface area contributed by atoms with Crippen molar-refractivity contribution in [1.82, 2.24) is 15.6 Å². The maximum atomic E-state index is 11.8. The Kier molecular flexibility index (Phi) is 6.31. The maximum absolute atomic E-state index is 11.8. The van der Waals surface area contributed by atoms with Crippen molar-refractivity contribution in [3.05, 3.63) is 35.3 Å². The van der Waals surface area contributed by atoms with E-state index in [2.05, 4.69) is 20.9 Å². The van der Waals surface area contributed by atoms with Crippen LogP contribution in [-0.4, -0.2) is 29.5 Å². The zero-order valence-corrected chi connectivity index (χ0v) is 14.9. The van der Waals surface area contributed by atoms with E-state index in [0.717, 1.165) is 16.3 Å². The van der Waals surface area contributed by atoms with Crippen molar-refractivity contribution < 1.29 is 9.59 Å². The molecule has 24 heavy (non-hydrogen) atoms. The van der Waals surface area contributed by atoms with Crippen LogP contribution >= 0.6 is 11.3 Å². The van der Waals surface area contributed by atoms with Crippen molar-refractivity contribution in [2.75, 3.05) is 11.9 Å². The lowest BCUT2D eigenvalue weighted by Crippen LogP contribution is -2.35. The van der Waals surface area contributed by atoms with Crippen LogP contribution in [-0.2, 0) is 4.79 Å². The summed E-state index contributed by atoms with van der Waals surface area (Å²) in [5, 5.41) is 11.1. The van der Waals surface area contributed by atoms with E-state index >= 15 is 0 Å². The topological polar surface area (TPSA) is 83.1 Å². The third-order valence-electron chi connectivity index (χ3n) is 3.10. The molecule has 0 aliphatic heterocycles. The molecule has 2 rings (SSSR count). The minimum atomic E-state index is -0.329. The van der Waals surface area contributed by atoms with Gasteiger partial charge in [0.05, 0.1) is 0 Å². The summed E-state index contributed by atoms with van der Waals surface area (Å²) in [5.74, 6) is -0.0756. The Morgan fingerprint density at radius 1 is 1.21 bits per heavy atom. The summed E-state index contributed by atoms with van der Waals surface area (Å²) in [6.07, 6.45) is 0.258. The Morgan fingerprint density at radius 3 is 2.50 bits per heavy atom. The number of benzene rings is 1. The molecule has 0 fully saturated rings. The fourth-order valence-corrected chi connectivity index (χ4v) is 2.85. The smallest absolute Gasteiger partial charge is 0.319 e. The monoisotopic (exact) mass is 346 g/mol. The molecule has 1 aromatic carbocycles. The fourth-order valence-electron chi connectivity index (χ4n) is 2.04. The second kappa shape index (κ2) is 8.44. The lowest BCUT2D eigenvalue weighted by atomic mass is 10.2. The molecule has 0 aliphatic carbocycles. The van der Waals surface area contributed by atoms with Crippen LogP contribution in [0.25, 0.3) is 10.6 Å². The number of nitrogens with one attached hydrogen (secondary N) is 3. The van der Waals surface area contributed by atoms with E-state index in [1.54, 1.807) is 11.3 Å². The Bertz CT molecular complexity index is 695. The van der Waals surface area contributed by atoms with Gasteiger partial charge in [-0.1, -0.05) is 0 Å². The molecule has 1 aromatic heterocycles. The van der Waals surface area contributed by atoms with Crippen molar-refractivity contribution in [2.24, 2.45) is 0 Å². The first-order chi connectivity index (χ1) is 11.4. The normalized spacial score (nSPS) is 10.5. The van der Waals surface area contributed by atoms with Gasteiger partial charge in [-0.05, 0) is 45.0 Å². The SMILES string of the molecule is Cc1csc(-c2ccc(NC(=O)NCCC(=O)NC(C)C)cc2)n1. The van der Waals surface area contributed by atoms with Gasteiger partial charge in [0.2, 0.25) is 5.91 Å². The van der Waals surface area contributed by atoms with Crippen LogP contribution in [0.4, 0.5) is 10.5 Å². The van der Waals surface area contributed by atoms with Crippen molar-refractivity contribution in [3.63, 3.8) is 0 Å². The number of thiazole rings is 1. The molecule has 128 valence electrons. The van der Waals surface area contributed by atoms with E-state index in [0.29, 0.717) is 12.2 Å². The minimum absolute atomic E-state index is 0.0756. The molecule has 6 nitrogen and oxygen atoms in total. The lowest BCUT2D eigenvalue weighted by Gasteiger charge is -2.10. The molecule has 0 spiro atoms. The highest BCUT2D eigenvalue weighted by molar-refractivity contribution is 7.13. The Balaban J connectivity index is 1.79. The molecule has 3 amide bonds. The highest BCUT2D eigenvalue weighted by Crippen LogP contribution is 2.24. The molecular formula is C17H22N4O2S. The summed E-state index contributed by atoms with van der Waals surface area (Å²) in [5.41, 5.74) is 2.71. The van der Waals surface area contributed by atoms with Gasteiger partial charge in [0.1, 0.15) is 5.01 Å². The number of carbonyl (C=O) groups excluding carboxylic acids is 2. The first kappa shape index (κ1) is 17.9. The van der Waals surface area contributed by atoms with E-state index in [4.69, 9.17) is 0 Å². The van der Waals surface area contributed by atoms with Crippen LogP contribution in [0, 0.1) is 6.92 Å². The molecule has 0 radical (unpaired) electrons. The average molecular weight is 346 g/mol. The number of hydrogen-bond acceptors (Lipinski definition) is 4. The summed E-state index contributed by atoms with van der Waals surface area (Å²) in [6.45, 7) is 6.05. The second-order valence-electron chi connectivity index (χ2n) is 5.72. The molecule has 2 aromatic rings. The number of rotatable bonds is 6. The van der Waals surface area contributed by atoms with E-state index in [-0.39, 0.29) is 24.4 Å². The summed E-state index contributed by atoms with van der Waals surface area (Å²) < 4.78 is 0. The van der Waals surface area contributed by atoms with Gasteiger partial charge in [0.25, 0.3) is 0 Å². The summed E-state index contributed by atoms with van der Waals surface area (Å²) in [6, 6.07) is 7.28. The zero-order valence-electron chi connectivity index (χ0n) is 14.1. The van der Waals surface area contributed by atoms with Gasteiger partial charge in [0.15, 0.2) is 0 Å². The molecule has 0 atom stereocenters. The van der Waals surface area contributed by atoms with E-state index in [1.807, 2.05) is 50.4 Å². The van der Waals surface area contributed by atoms with Crippen molar-refractivity contribution in [2.45, 2.75) is 33.2 Å². The van der Waals surface area contributed by atoms with Gasteiger partial charge < -0.3 is 16.0 Å². The fraction of sp³-hybridized carbons (Fsp3) is 0.353. The van der Waals surface area contributed by atoms with Crippen LogP contribution in [0.15, 0.2) is 29.6 Å². The number of aromatic nitrogens is 1. The van der Waals surface area contributed by atoms with Crippen LogP contribution in [0.3, 0.4) is 0 Å². The van der Waals surface area contributed by atoms with E-state index in [9.17, 15) is 9.59 Å². The molecular weight excluding hydrogens is 324 g/mol. The molecule has 0 aliphatic rings. The number of anilines is 1. The first-order valence-corrected chi connectivity index (χ1v) is 8.69. The second-order valence-corrected chi connectivity index (χ2v) is 6.58. The average Bonchev–Trinajstić information content (AvgIpc) is 2.94. The largest absolute Gasteiger partial charge is 0.354 e. The predicted molar refractivity (Wildman–Crippen MR) is 97.2 cm³/mol. The van der Waals surface area contributed by atoms with Gasteiger partial charge >= 0.3 is 6.03 Å².